The van der Waals surface area contributed by atoms with Gasteiger partial charge in [0.05, 0.1) is 23.4 Å². The van der Waals surface area contributed by atoms with Gasteiger partial charge in [0, 0.05) is 5.39 Å². The fourth-order valence-corrected chi connectivity index (χ4v) is 4.05. The SMILES string of the molecule is C[C@H](NC(=O)C(F)(F)F)[C@H](Oc1ccc2c(cnn2-c2ccc(F)cc2)c1)c1cccc(OS(=O)(=O)O)c1. The first-order valence-electron chi connectivity index (χ1n) is 10.8. The van der Waals surface area contributed by atoms with Gasteiger partial charge >= 0.3 is 22.5 Å². The number of ether oxygens (including phenoxy) is 1. The summed E-state index contributed by atoms with van der Waals surface area (Å²) in [5.41, 5.74) is 1.36. The Hall–Kier alpha value is -4.17. The molecule has 1 amide bonds. The molecule has 0 bridgehead atoms. The van der Waals surface area contributed by atoms with Gasteiger partial charge in [-0.1, -0.05) is 12.1 Å². The Labute approximate surface area is 213 Å². The number of nitrogens with one attached hydrogen (secondary N) is 1. The molecule has 0 radical (unpaired) electrons. The number of hydrogen-bond acceptors (Lipinski definition) is 6. The summed E-state index contributed by atoms with van der Waals surface area (Å²) in [7, 11) is -4.87. The molecule has 0 spiro atoms. The second-order valence-corrected chi connectivity index (χ2v) is 9.16. The first kappa shape index (κ1) is 26.9. The number of rotatable bonds is 8. The second-order valence-electron chi connectivity index (χ2n) is 8.14. The minimum absolute atomic E-state index is 0.142. The van der Waals surface area contributed by atoms with Crippen LogP contribution in [0.5, 0.6) is 11.5 Å². The predicted molar refractivity (Wildman–Crippen MR) is 127 cm³/mol. The maximum atomic E-state index is 13.3. The number of nitrogens with zero attached hydrogens (tertiary/aromatic N) is 2. The molecule has 200 valence electrons. The Bertz CT molecular complexity index is 1570. The van der Waals surface area contributed by atoms with Gasteiger partial charge in [-0.25, -0.2) is 9.07 Å². The minimum atomic E-state index is -5.15. The van der Waals surface area contributed by atoms with Crippen LogP contribution in [0.25, 0.3) is 16.6 Å². The first-order valence-corrected chi connectivity index (χ1v) is 12.2. The number of carbonyl (C=O) groups excluding carboxylic acids is 1. The number of amides is 1. The molecular formula is C24H19F4N3O6S. The lowest BCUT2D eigenvalue weighted by Gasteiger charge is -2.27. The van der Waals surface area contributed by atoms with E-state index >= 15 is 0 Å². The summed E-state index contributed by atoms with van der Waals surface area (Å²) in [6.45, 7) is 1.27. The Morgan fingerprint density at radius 1 is 1.05 bits per heavy atom. The molecule has 0 saturated carbocycles. The third kappa shape index (κ3) is 6.39. The second kappa shape index (κ2) is 10.3. The third-order valence-corrected chi connectivity index (χ3v) is 5.74. The van der Waals surface area contributed by atoms with E-state index in [9.17, 15) is 30.8 Å². The lowest BCUT2D eigenvalue weighted by Crippen LogP contribution is -2.45. The summed E-state index contributed by atoms with van der Waals surface area (Å²) >= 11 is 0. The van der Waals surface area contributed by atoms with Gasteiger partial charge in [0.2, 0.25) is 0 Å². The molecule has 3 aromatic carbocycles. The zero-order chi connectivity index (χ0) is 27.7. The van der Waals surface area contributed by atoms with Crippen molar-refractivity contribution < 1.29 is 44.2 Å². The van der Waals surface area contributed by atoms with E-state index in [-0.39, 0.29) is 17.1 Å². The lowest BCUT2D eigenvalue weighted by molar-refractivity contribution is -0.174. The molecule has 4 aromatic rings. The van der Waals surface area contributed by atoms with Crippen molar-refractivity contribution in [3.63, 3.8) is 0 Å². The van der Waals surface area contributed by atoms with E-state index in [0.29, 0.717) is 16.6 Å². The summed E-state index contributed by atoms with van der Waals surface area (Å²) in [5, 5.41) is 6.69. The molecule has 38 heavy (non-hydrogen) atoms. The van der Waals surface area contributed by atoms with Crippen molar-refractivity contribution in [3.05, 3.63) is 84.3 Å². The van der Waals surface area contributed by atoms with Crippen LogP contribution >= 0.6 is 0 Å². The fraction of sp³-hybridized carbons (Fsp3) is 0.167. The van der Waals surface area contributed by atoms with E-state index in [0.717, 1.165) is 6.07 Å². The molecule has 0 saturated heterocycles. The molecule has 1 aromatic heterocycles. The first-order chi connectivity index (χ1) is 17.8. The van der Waals surface area contributed by atoms with E-state index in [1.165, 1.54) is 61.7 Å². The zero-order valence-electron chi connectivity index (χ0n) is 19.4. The molecule has 1 heterocycles. The van der Waals surface area contributed by atoms with Crippen LogP contribution in [0, 0.1) is 5.82 Å². The number of fused-ring (bicyclic) bond motifs is 1. The Morgan fingerprint density at radius 2 is 1.76 bits per heavy atom. The predicted octanol–water partition coefficient (Wildman–Crippen LogP) is 4.53. The van der Waals surface area contributed by atoms with E-state index in [4.69, 9.17) is 9.29 Å². The van der Waals surface area contributed by atoms with Crippen molar-refractivity contribution in [2.24, 2.45) is 0 Å². The molecule has 4 rings (SSSR count). The maximum absolute atomic E-state index is 13.3. The van der Waals surface area contributed by atoms with Crippen molar-refractivity contribution in [1.29, 1.82) is 0 Å². The highest BCUT2D eigenvalue weighted by Crippen LogP contribution is 2.31. The van der Waals surface area contributed by atoms with Gasteiger partial charge in [-0.05, 0) is 67.1 Å². The average Bonchev–Trinajstić information content (AvgIpc) is 3.24. The Balaban J connectivity index is 1.67. The van der Waals surface area contributed by atoms with Crippen LogP contribution in [0.3, 0.4) is 0 Å². The molecule has 2 N–H and O–H groups in total. The molecule has 9 nitrogen and oxygen atoms in total. The van der Waals surface area contributed by atoms with Crippen LogP contribution in [-0.2, 0) is 15.2 Å². The smallest absolute Gasteiger partial charge is 0.471 e. The van der Waals surface area contributed by atoms with Gasteiger partial charge in [0.15, 0.2) is 0 Å². The quantitative estimate of drug-likeness (QED) is 0.243. The van der Waals surface area contributed by atoms with Crippen molar-refractivity contribution in [3.8, 4) is 17.2 Å². The number of halogens is 4. The van der Waals surface area contributed by atoms with Crippen LogP contribution < -0.4 is 14.2 Å². The van der Waals surface area contributed by atoms with Crippen molar-refractivity contribution >= 4 is 27.2 Å². The number of carbonyl (C=O) groups is 1. The average molecular weight is 553 g/mol. The molecule has 0 aliphatic carbocycles. The van der Waals surface area contributed by atoms with E-state index in [2.05, 4.69) is 9.28 Å². The molecule has 0 unspecified atom stereocenters. The summed E-state index contributed by atoms with van der Waals surface area (Å²) in [6.07, 6.45) is -4.89. The maximum Gasteiger partial charge on any atom is 0.471 e. The van der Waals surface area contributed by atoms with Gasteiger partial charge in [-0.15, -0.1) is 0 Å². The highest BCUT2D eigenvalue weighted by molar-refractivity contribution is 7.81. The number of alkyl halides is 3. The Kier molecular flexibility index (Phi) is 7.29. The summed E-state index contributed by atoms with van der Waals surface area (Å²) in [5.74, 6) is -2.75. The molecule has 2 atom stereocenters. The van der Waals surface area contributed by atoms with Crippen LogP contribution in [0.1, 0.15) is 18.6 Å². The van der Waals surface area contributed by atoms with Crippen LogP contribution in [0.2, 0.25) is 0 Å². The highest BCUT2D eigenvalue weighted by Gasteiger charge is 2.40. The normalized spacial score (nSPS) is 13.6. The highest BCUT2D eigenvalue weighted by atomic mass is 32.3. The van der Waals surface area contributed by atoms with Crippen LogP contribution in [0.15, 0.2) is 72.9 Å². The summed E-state index contributed by atoms with van der Waals surface area (Å²) in [4.78, 5) is 11.6. The monoisotopic (exact) mass is 553 g/mol. The summed E-state index contributed by atoms with van der Waals surface area (Å²) < 4.78 is 95.1. The molecular weight excluding hydrogens is 534 g/mol. The molecule has 14 heteroatoms. The van der Waals surface area contributed by atoms with Crippen LogP contribution in [0.4, 0.5) is 17.6 Å². The van der Waals surface area contributed by atoms with E-state index in [1.54, 1.807) is 16.8 Å². The van der Waals surface area contributed by atoms with Gasteiger partial charge in [0.1, 0.15) is 23.4 Å². The minimum Gasteiger partial charge on any atom is -0.484 e. The number of benzene rings is 3. The summed E-state index contributed by atoms with van der Waals surface area (Å²) in [6, 6.07) is 14.2. The molecule has 0 fully saturated rings. The van der Waals surface area contributed by atoms with Crippen molar-refractivity contribution in [2.45, 2.75) is 25.2 Å². The topological polar surface area (TPSA) is 120 Å². The van der Waals surface area contributed by atoms with Gasteiger partial charge in [0.25, 0.3) is 0 Å². The van der Waals surface area contributed by atoms with Crippen molar-refractivity contribution in [1.82, 2.24) is 15.1 Å². The van der Waals surface area contributed by atoms with E-state index < -0.39 is 40.4 Å². The zero-order valence-corrected chi connectivity index (χ0v) is 20.2. The van der Waals surface area contributed by atoms with Crippen LogP contribution in [-0.4, -0.2) is 40.9 Å². The number of aromatic nitrogens is 2. The Morgan fingerprint density at radius 3 is 2.42 bits per heavy atom. The molecule has 0 aliphatic rings. The van der Waals surface area contributed by atoms with Gasteiger partial charge in [-0.3, -0.25) is 9.35 Å². The largest absolute Gasteiger partial charge is 0.484 e. The van der Waals surface area contributed by atoms with Crippen molar-refractivity contribution in [2.75, 3.05) is 0 Å². The van der Waals surface area contributed by atoms with Gasteiger partial charge in [-0.2, -0.15) is 26.7 Å². The third-order valence-electron chi connectivity index (χ3n) is 5.33. The fourth-order valence-electron chi connectivity index (χ4n) is 3.71. The van der Waals surface area contributed by atoms with E-state index in [1.807, 2.05) is 5.32 Å². The number of hydrogen-bond donors (Lipinski definition) is 2. The lowest BCUT2D eigenvalue weighted by atomic mass is 10.0. The van der Waals surface area contributed by atoms with Gasteiger partial charge < -0.3 is 14.2 Å². The molecule has 0 aliphatic heterocycles. The standard InChI is InChI=1S/C24H19F4N3O6S/c1-14(30-23(32)24(26,27)28)22(15-3-2-4-20(11-15)37-38(33,34)35)36-19-9-10-21-16(12-19)13-29-31(21)18-7-5-17(25)6-8-18/h2-14,22H,1H3,(H,30,32)(H,33,34,35)/t14-,22-/m0/s1.